The van der Waals surface area contributed by atoms with Gasteiger partial charge in [0.15, 0.2) is 0 Å². The number of fused-ring (bicyclic) bond motifs is 1. The van der Waals surface area contributed by atoms with Crippen LogP contribution in [0.25, 0.3) is 23.2 Å². The molecule has 0 aliphatic rings. The van der Waals surface area contributed by atoms with E-state index in [1.54, 1.807) is 0 Å². The molecule has 0 saturated heterocycles. The highest BCUT2D eigenvalue weighted by atomic mass is 16.5. The molecule has 0 unspecified atom stereocenters. The van der Waals surface area contributed by atoms with Gasteiger partial charge < -0.3 is 9.72 Å². The minimum atomic E-state index is -0.0937. The largest absolute Gasteiger partial charge is 0.466 e. The highest BCUT2D eigenvalue weighted by Crippen LogP contribution is 2.26. The molecule has 29 heavy (non-hydrogen) atoms. The first-order chi connectivity index (χ1) is 14.1. The highest BCUT2D eigenvalue weighted by molar-refractivity contribution is 5.83. The number of carbonyl (C=O) groups is 1. The second-order valence-electron chi connectivity index (χ2n) is 7.42. The van der Waals surface area contributed by atoms with Gasteiger partial charge in [-0.25, -0.2) is 4.98 Å². The minimum absolute atomic E-state index is 0.0937. The summed E-state index contributed by atoms with van der Waals surface area (Å²) in [5.74, 6) is 0.779. The quantitative estimate of drug-likeness (QED) is 0.359. The van der Waals surface area contributed by atoms with E-state index in [1.165, 1.54) is 16.7 Å². The molecule has 0 amide bonds. The molecule has 0 bridgehead atoms. The van der Waals surface area contributed by atoms with Gasteiger partial charge in [0.2, 0.25) is 0 Å². The summed E-state index contributed by atoms with van der Waals surface area (Å²) in [7, 11) is 0. The Morgan fingerprint density at radius 2 is 1.90 bits per heavy atom. The molecule has 4 heteroatoms. The van der Waals surface area contributed by atoms with E-state index in [2.05, 4.69) is 43.1 Å². The topological polar surface area (TPSA) is 55.0 Å². The summed E-state index contributed by atoms with van der Waals surface area (Å²) >= 11 is 0. The molecule has 0 aliphatic heterocycles. The standard InChI is InChI=1S/C25H30N2O2/c1-4-29-24(28)14-10-6-9-13-21-19(3)18(2)17-22-25(21)27-23(26-22)16-15-20-11-7-5-8-12-20/h5,7-8,11-12,15-17H,4,6,9-10,13-14H2,1-3H3,(H,26,27)/b16-15+. The van der Waals surface area contributed by atoms with Crippen LogP contribution in [0.2, 0.25) is 0 Å². The molecule has 1 N–H and O–H groups in total. The van der Waals surface area contributed by atoms with Crippen molar-refractivity contribution in [3.63, 3.8) is 0 Å². The van der Waals surface area contributed by atoms with Gasteiger partial charge in [-0.3, -0.25) is 4.79 Å². The average molecular weight is 391 g/mol. The van der Waals surface area contributed by atoms with E-state index >= 15 is 0 Å². The molecule has 0 fully saturated rings. The first-order valence-corrected chi connectivity index (χ1v) is 10.5. The molecule has 2 aromatic carbocycles. The number of carbonyl (C=O) groups excluding carboxylic acids is 1. The fourth-order valence-electron chi connectivity index (χ4n) is 3.59. The zero-order valence-electron chi connectivity index (χ0n) is 17.6. The number of H-pyrrole nitrogens is 1. The van der Waals surface area contributed by atoms with E-state index in [4.69, 9.17) is 9.72 Å². The van der Waals surface area contributed by atoms with Crippen molar-refractivity contribution in [3.8, 4) is 0 Å². The van der Waals surface area contributed by atoms with Crippen molar-refractivity contribution in [2.24, 2.45) is 0 Å². The van der Waals surface area contributed by atoms with Gasteiger partial charge in [0.05, 0.1) is 17.6 Å². The Labute approximate surface area is 173 Å². The number of imidazole rings is 1. The predicted octanol–water partition coefficient (Wildman–Crippen LogP) is 6.02. The number of ether oxygens (including phenoxy) is 1. The molecule has 1 aromatic heterocycles. The summed E-state index contributed by atoms with van der Waals surface area (Å²) in [6.07, 6.45) is 8.51. The maximum Gasteiger partial charge on any atom is 0.305 e. The number of rotatable bonds is 9. The molecule has 3 rings (SSSR count). The van der Waals surface area contributed by atoms with Crippen LogP contribution in [0.4, 0.5) is 0 Å². The lowest BCUT2D eigenvalue weighted by atomic mass is 9.96. The van der Waals surface area contributed by atoms with Gasteiger partial charge in [-0.15, -0.1) is 0 Å². The van der Waals surface area contributed by atoms with Crippen LogP contribution in [0.15, 0.2) is 36.4 Å². The van der Waals surface area contributed by atoms with Crippen molar-refractivity contribution in [3.05, 3.63) is 64.5 Å². The maximum atomic E-state index is 11.5. The molecule has 0 aliphatic carbocycles. The van der Waals surface area contributed by atoms with Gasteiger partial charge in [-0.1, -0.05) is 42.8 Å². The first-order valence-electron chi connectivity index (χ1n) is 10.5. The van der Waals surface area contributed by atoms with E-state index in [0.29, 0.717) is 13.0 Å². The number of hydrogen-bond acceptors (Lipinski definition) is 3. The van der Waals surface area contributed by atoms with Crippen LogP contribution in [0.5, 0.6) is 0 Å². The Balaban J connectivity index is 1.71. The van der Waals surface area contributed by atoms with Crippen molar-refractivity contribution < 1.29 is 9.53 Å². The monoisotopic (exact) mass is 390 g/mol. The van der Waals surface area contributed by atoms with Crippen molar-refractivity contribution in [2.45, 2.75) is 52.9 Å². The number of nitrogens with zero attached hydrogens (tertiary/aromatic N) is 1. The van der Waals surface area contributed by atoms with E-state index in [1.807, 2.05) is 31.2 Å². The summed E-state index contributed by atoms with van der Waals surface area (Å²) in [5.41, 5.74) is 7.21. The predicted molar refractivity (Wildman–Crippen MR) is 120 cm³/mol. The average Bonchev–Trinajstić information content (AvgIpc) is 3.12. The number of aromatic amines is 1. The molecule has 1 heterocycles. The third-order valence-electron chi connectivity index (χ3n) is 5.29. The Morgan fingerprint density at radius 3 is 2.66 bits per heavy atom. The smallest absolute Gasteiger partial charge is 0.305 e. The van der Waals surface area contributed by atoms with Crippen LogP contribution in [-0.2, 0) is 16.0 Å². The Hall–Kier alpha value is -2.88. The van der Waals surface area contributed by atoms with Crippen LogP contribution >= 0.6 is 0 Å². The molecule has 0 radical (unpaired) electrons. The van der Waals surface area contributed by atoms with Crippen LogP contribution in [0.1, 0.15) is 60.7 Å². The Kier molecular flexibility index (Phi) is 7.23. The lowest BCUT2D eigenvalue weighted by molar-refractivity contribution is -0.143. The summed E-state index contributed by atoms with van der Waals surface area (Å²) in [6, 6.07) is 12.4. The van der Waals surface area contributed by atoms with Gasteiger partial charge in [0, 0.05) is 6.42 Å². The molecule has 0 atom stereocenters. The zero-order valence-corrected chi connectivity index (χ0v) is 17.6. The number of esters is 1. The van der Waals surface area contributed by atoms with Gasteiger partial charge in [0.25, 0.3) is 0 Å². The fourth-order valence-corrected chi connectivity index (χ4v) is 3.59. The number of benzene rings is 2. The molecule has 0 saturated carbocycles. The minimum Gasteiger partial charge on any atom is -0.466 e. The molecule has 3 aromatic rings. The van der Waals surface area contributed by atoms with Crippen LogP contribution in [0, 0.1) is 13.8 Å². The van der Waals surface area contributed by atoms with E-state index in [-0.39, 0.29) is 5.97 Å². The lowest BCUT2D eigenvalue weighted by Gasteiger charge is -2.10. The third-order valence-corrected chi connectivity index (χ3v) is 5.29. The molecular weight excluding hydrogens is 360 g/mol. The first kappa shape index (κ1) is 20.8. The van der Waals surface area contributed by atoms with Gasteiger partial charge in [0.1, 0.15) is 5.82 Å². The van der Waals surface area contributed by atoms with Crippen molar-refractivity contribution in [1.82, 2.24) is 9.97 Å². The fraction of sp³-hybridized carbons (Fsp3) is 0.360. The summed E-state index contributed by atoms with van der Waals surface area (Å²) < 4.78 is 5.00. The highest BCUT2D eigenvalue weighted by Gasteiger charge is 2.12. The molecule has 0 spiro atoms. The van der Waals surface area contributed by atoms with Crippen molar-refractivity contribution in [2.75, 3.05) is 6.61 Å². The Bertz CT molecular complexity index is 987. The van der Waals surface area contributed by atoms with Crippen LogP contribution in [-0.4, -0.2) is 22.5 Å². The molecular formula is C25H30N2O2. The molecule has 4 nitrogen and oxygen atoms in total. The van der Waals surface area contributed by atoms with Crippen molar-refractivity contribution in [1.29, 1.82) is 0 Å². The normalized spacial score (nSPS) is 11.4. The van der Waals surface area contributed by atoms with Gasteiger partial charge in [-0.2, -0.15) is 0 Å². The maximum absolute atomic E-state index is 11.5. The second-order valence-corrected chi connectivity index (χ2v) is 7.42. The zero-order chi connectivity index (χ0) is 20.6. The lowest BCUT2D eigenvalue weighted by Crippen LogP contribution is -2.03. The van der Waals surface area contributed by atoms with Gasteiger partial charge >= 0.3 is 5.97 Å². The number of aromatic nitrogens is 2. The number of unbranched alkanes of at least 4 members (excludes halogenated alkanes) is 2. The van der Waals surface area contributed by atoms with Crippen molar-refractivity contribution >= 4 is 29.2 Å². The van der Waals surface area contributed by atoms with E-state index in [0.717, 1.165) is 48.1 Å². The summed E-state index contributed by atoms with van der Waals surface area (Å²) in [6.45, 7) is 6.63. The summed E-state index contributed by atoms with van der Waals surface area (Å²) in [5, 5.41) is 0. The van der Waals surface area contributed by atoms with Crippen LogP contribution in [0.3, 0.4) is 0 Å². The second kappa shape index (κ2) is 10.1. The number of hydrogen-bond donors (Lipinski definition) is 1. The van der Waals surface area contributed by atoms with E-state index in [9.17, 15) is 4.79 Å². The number of nitrogens with one attached hydrogen (secondary N) is 1. The SMILES string of the molecule is CCOC(=O)CCCCCc1c(C)c(C)cc2[nH]c(/C=C/c3ccccc3)nc12. The van der Waals surface area contributed by atoms with Crippen LogP contribution < -0.4 is 0 Å². The molecule has 152 valence electrons. The Morgan fingerprint density at radius 1 is 1.10 bits per heavy atom. The third kappa shape index (κ3) is 5.57. The summed E-state index contributed by atoms with van der Waals surface area (Å²) in [4.78, 5) is 19.8. The van der Waals surface area contributed by atoms with E-state index < -0.39 is 0 Å². The van der Waals surface area contributed by atoms with Gasteiger partial charge in [-0.05, 0) is 74.4 Å². The number of aryl methyl sites for hydroxylation is 2.